The van der Waals surface area contributed by atoms with Crippen LogP contribution in [0.5, 0.6) is 0 Å². The Bertz CT molecular complexity index is 470. The average Bonchev–Trinajstić information content (AvgIpc) is 2.65. The lowest BCUT2D eigenvalue weighted by atomic mass is 10.0. The van der Waals surface area contributed by atoms with Crippen molar-refractivity contribution in [3.63, 3.8) is 0 Å². The van der Waals surface area contributed by atoms with Crippen LogP contribution in [0.15, 0.2) is 0 Å². The number of nitrogen functional groups attached to an aromatic ring is 1. The Balaban J connectivity index is 2.22. The molecular weight excluding hydrogens is 248 g/mol. The van der Waals surface area contributed by atoms with Crippen LogP contribution in [0.3, 0.4) is 0 Å². The van der Waals surface area contributed by atoms with Crippen LogP contribution in [-0.2, 0) is 4.74 Å². The summed E-state index contributed by atoms with van der Waals surface area (Å²) in [6.07, 6.45) is 3.87. The number of hydrogen-bond donors (Lipinski definition) is 1. The highest BCUT2D eigenvalue weighted by atomic mass is 16.6. The summed E-state index contributed by atoms with van der Waals surface area (Å²) >= 11 is 0. The van der Waals surface area contributed by atoms with E-state index in [4.69, 9.17) is 10.5 Å². The fourth-order valence-corrected chi connectivity index (χ4v) is 2.67. The molecule has 1 saturated heterocycles. The zero-order chi connectivity index (χ0) is 14.0. The summed E-state index contributed by atoms with van der Waals surface area (Å²) in [5, 5.41) is 15.2. The Kier molecular flexibility index (Phi) is 4.04. The highest BCUT2D eigenvalue weighted by Crippen LogP contribution is 2.33. The summed E-state index contributed by atoms with van der Waals surface area (Å²) in [6, 6.07) is 0.0951. The third-order valence-corrected chi connectivity index (χ3v) is 3.57. The number of rotatable bonds is 4. The van der Waals surface area contributed by atoms with Gasteiger partial charge in [0.05, 0.1) is 17.1 Å². The standard InChI is InChI=1S/C12H20N4O3/c1-3-4-10-7-9(5-6-19-10)15-12(13)11(16(17)18)8(2)14-15/h9-10H,3-7,13H2,1-2H3. The first kappa shape index (κ1) is 13.8. The molecule has 0 radical (unpaired) electrons. The van der Waals surface area contributed by atoms with E-state index in [1.54, 1.807) is 11.6 Å². The summed E-state index contributed by atoms with van der Waals surface area (Å²) < 4.78 is 7.29. The van der Waals surface area contributed by atoms with Gasteiger partial charge in [0.15, 0.2) is 0 Å². The first-order chi connectivity index (χ1) is 9.04. The Labute approximate surface area is 111 Å². The largest absolute Gasteiger partial charge is 0.378 e. The lowest BCUT2D eigenvalue weighted by Crippen LogP contribution is -2.28. The van der Waals surface area contributed by atoms with Crippen molar-refractivity contribution in [1.82, 2.24) is 9.78 Å². The number of nitrogens with zero attached hydrogens (tertiary/aromatic N) is 3. The fourth-order valence-electron chi connectivity index (χ4n) is 2.67. The SMILES string of the molecule is CCCC1CC(n2nc(C)c([N+](=O)[O-])c2N)CCO1. The molecule has 7 nitrogen and oxygen atoms in total. The molecule has 106 valence electrons. The number of nitrogens with two attached hydrogens (primary N) is 1. The monoisotopic (exact) mass is 268 g/mol. The third kappa shape index (κ3) is 2.70. The highest BCUT2D eigenvalue weighted by Gasteiger charge is 2.30. The van der Waals surface area contributed by atoms with Gasteiger partial charge < -0.3 is 10.5 Å². The zero-order valence-electron chi connectivity index (χ0n) is 11.3. The van der Waals surface area contributed by atoms with Gasteiger partial charge in [-0.25, -0.2) is 4.68 Å². The predicted molar refractivity (Wildman–Crippen MR) is 70.9 cm³/mol. The van der Waals surface area contributed by atoms with Gasteiger partial charge in [-0.2, -0.15) is 5.10 Å². The second-order valence-electron chi connectivity index (χ2n) is 4.98. The summed E-state index contributed by atoms with van der Waals surface area (Å²) in [7, 11) is 0. The Hall–Kier alpha value is -1.63. The summed E-state index contributed by atoms with van der Waals surface area (Å²) in [6.45, 7) is 4.39. The van der Waals surface area contributed by atoms with Crippen LogP contribution >= 0.6 is 0 Å². The van der Waals surface area contributed by atoms with Gasteiger partial charge in [-0.3, -0.25) is 10.1 Å². The van der Waals surface area contributed by atoms with Crippen LogP contribution in [0.25, 0.3) is 0 Å². The smallest absolute Gasteiger partial charge is 0.333 e. The van der Waals surface area contributed by atoms with Crippen molar-refractivity contribution in [1.29, 1.82) is 0 Å². The lowest BCUT2D eigenvalue weighted by Gasteiger charge is -2.29. The molecule has 2 rings (SSSR count). The molecule has 0 bridgehead atoms. The van der Waals surface area contributed by atoms with E-state index in [0.29, 0.717) is 12.3 Å². The molecule has 1 aromatic rings. The molecule has 2 atom stereocenters. The Morgan fingerprint density at radius 3 is 2.95 bits per heavy atom. The maximum atomic E-state index is 11.0. The molecule has 0 amide bonds. The summed E-state index contributed by atoms with van der Waals surface area (Å²) in [5.41, 5.74) is 6.18. The van der Waals surface area contributed by atoms with Crippen LogP contribution in [-0.4, -0.2) is 27.4 Å². The van der Waals surface area contributed by atoms with Crippen LogP contribution in [0.2, 0.25) is 0 Å². The average molecular weight is 268 g/mol. The second-order valence-corrected chi connectivity index (χ2v) is 4.98. The van der Waals surface area contributed by atoms with Gasteiger partial charge in [0.2, 0.25) is 5.82 Å². The van der Waals surface area contributed by atoms with Crippen molar-refractivity contribution >= 4 is 11.5 Å². The van der Waals surface area contributed by atoms with Gasteiger partial charge in [-0.05, 0) is 26.2 Å². The van der Waals surface area contributed by atoms with E-state index in [9.17, 15) is 10.1 Å². The first-order valence-electron chi connectivity index (χ1n) is 6.65. The summed E-state index contributed by atoms with van der Waals surface area (Å²) in [5.74, 6) is 0.157. The van der Waals surface area contributed by atoms with Gasteiger partial charge in [0, 0.05) is 6.61 Å². The van der Waals surface area contributed by atoms with E-state index in [1.165, 1.54) is 0 Å². The lowest BCUT2D eigenvalue weighted by molar-refractivity contribution is -0.384. The van der Waals surface area contributed by atoms with Gasteiger partial charge in [-0.1, -0.05) is 13.3 Å². The van der Waals surface area contributed by atoms with E-state index >= 15 is 0 Å². The van der Waals surface area contributed by atoms with Gasteiger partial charge >= 0.3 is 5.69 Å². The minimum Gasteiger partial charge on any atom is -0.378 e. The minimum atomic E-state index is -0.461. The molecule has 19 heavy (non-hydrogen) atoms. The van der Waals surface area contributed by atoms with E-state index in [2.05, 4.69) is 12.0 Å². The molecule has 0 aliphatic carbocycles. The number of anilines is 1. The molecule has 2 N–H and O–H groups in total. The molecule has 0 saturated carbocycles. The molecule has 0 aromatic carbocycles. The fraction of sp³-hybridized carbons (Fsp3) is 0.750. The van der Waals surface area contributed by atoms with Crippen molar-refractivity contribution in [3.05, 3.63) is 15.8 Å². The first-order valence-corrected chi connectivity index (χ1v) is 6.65. The molecule has 1 aliphatic rings. The quantitative estimate of drug-likeness (QED) is 0.667. The molecule has 2 heterocycles. The predicted octanol–water partition coefficient (Wildman–Crippen LogP) is 2.20. The molecule has 1 aliphatic heterocycles. The number of hydrogen-bond acceptors (Lipinski definition) is 5. The molecule has 1 aromatic heterocycles. The topological polar surface area (TPSA) is 96.2 Å². The number of aryl methyl sites for hydroxylation is 1. The van der Waals surface area contributed by atoms with Crippen molar-refractivity contribution in [2.45, 2.75) is 51.7 Å². The van der Waals surface area contributed by atoms with Crippen LogP contribution < -0.4 is 5.73 Å². The minimum absolute atomic E-state index is 0.0708. The van der Waals surface area contributed by atoms with Crippen molar-refractivity contribution < 1.29 is 9.66 Å². The van der Waals surface area contributed by atoms with Crippen LogP contribution in [0.4, 0.5) is 11.5 Å². The Morgan fingerprint density at radius 1 is 1.63 bits per heavy atom. The van der Waals surface area contributed by atoms with E-state index < -0.39 is 4.92 Å². The number of nitro groups is 1. The maximum absolute atomic E-state index is 11.0. The van der Waals surface area contributed by atoms with E-state index in [1.807, 2.05) is 0 Å². The molecular formula is C12H20N4O3. The number of ether oxygens (including phenoxy) is 1. The molecule has 7 heteroatoms. The van der Waals surface area contributed by atoms with Crippen molar-refractivity contribution in [2.75, 3.05) is 12.3 Å². The van der Waals surface area contributed by atoms with Crippen molar-refractivity contribution in [3.8, 4) is 0 Å². The van der Waals surface area contributed by atoms with Crippen molar-refractivity contribution in [2.24, 2.45) is 0 Å². The number of aromatic nitrogens is 2. The van der Waals surface area contributed by atoms with Gasteiger partial charge in [0.1, 0.15) is 5.69 Å². The van der Waals surface area contributed by atoms with Crippen LogP contribution in [0.1, 0.15) is 44.3 Å². The van der Waals surface area contributed by atoms with E-state index in [0.717, 1.165) is 25.7 Å². The van der Waals surface area contributed by atoms with E-state index in [-0.39, 0.29) is 23.7 Å². The van der Waals surface area contributed by atoms with Gasteiger partial charge in [0.25, 0.3) is 0 Å². The normalized spacial score (nSPS) is 23.5. The maximum Gasteiger partial charge on any atom is 0.333 e. The highest BCUT2D eigenvalue weighted by molar-refractivity contribution is 5.56. The van der Waals surface area contributed by atoms with Gasteiger partial charge in [-0.15, -0.1) is 0 Å². The summed E-state index contributed by atoms with van der Waals surface area (Å²) in [4.78, 5) is 10.5. The van der Waals surface area contributed by atoms with Crippen LogP contribution in [0, 0.1) is 17.0 Å². The molecule has 1 fully saturated rings. The molecule has 2 unspecified atom stereocenters. The molecule has 0 spiro atoms. The Morgan fingerprint density at radius 2 is 2.37 bits per heavy atom. The second kappa shape index (κ2) is 5.56. The third-order valence-electron chi connectivity index (χ3n) is 3.57. The zero-order valence-corrected chi connectivity index (χ0v) is 11.3.